The normalized spacial score (nSPS) is 17.5. The molecule has 1 atom stereocenters. The average molecular weight is 479 g/mol. The summed E-state index contributed by atoms with van der Waals surface area (Å²) in [5.74, 6) is -0.945. The number of piperidine rings is 1. The number of sulfonamides is 1. The number of rotatable bonds is 6. The van der Waals surface area contributed by atoms with Gasteiger partial charge in [0.1, 0.15) is 20.8 Å². The van der Waals surface area contributed by atoms with Crippen LogP contribution in [0.15, 0.2) is 46.0 Å². The van der Waals surface area contributed by atoms with Gasteiger partial charge in [0, 0.05) is 16.6 Å². The van der Waals surface area contributed by atoms with E-state index in [0.717, 1.165) is 22.5 Å². The Morgan fingerprint density at radius 3 is 2.74 bits per heavy atom. The van der Waals surface area contributed by atoms with E-state index in [4.69, 9.17) is 4.74 Å². The summed E-state index contributed by atoms with van der Waals surface area (Å²) in [7, 11) is -3.76. The molecule has 1 aliphatic heterocycles. The van der Waals surface area contributed by atoms with Gasteiger partial charge in [-0.3, -0.25) is 4.79 Å². The highest BCUT2D eigenvalue weighted by Crippen LogP contribution is 2.37. The second kappa shape index (κ2) is 9.07. The minimum Gasteiger partial charge on any atom is -0.462 e. The molecule has 1 aromatic carbocycles. The van der Waals surface area contributed by atoms with Gasteiger partial charge in [0.15, 0.2) is 0 Å². The van der Waals surface area contributed by atoms with Gasteiger partial charge >= 0.3 is 5.97 Å². The first-order valence-corrected chi connectivity index (χ1v) is 13.1. The molecule has 31 heavy (non-hydrogen) atoms. The van der Waals surface area contributed by atoms with Crippen LogP contribution in [0.25, 0.3) is 10.1 Å². The average Bonchev–Trinajstić information content (AvgIpc) is 3.42. The summed E-state index contributed by atoms with van der Waals surface area (Å²) in [6, 6.07) is 9.75. The SMILES string of the molecule is CCOC(=O)c1c(NC(=O)C2CCCCN2S(=O)(=O)c2cccs2)sc2ccccc12. The van der Waals surface area contributed by atoms with Gasteiger partial charge in [0.25, 0.3) is 10.0 Å². The van der Waals surface area contributed by atoms with Crippen molar-refractivity contribution in [3.63, 3.8) is 0 Å². The molecule has 2 aromatic heterocycles. The number of carbonyl (C=O) groups is 2. The molecule has 0 spiro atoms. The second-order valence-corrected chi connectivity index (χ2v) is 11.2. The van der Waals surface area contributed by atoms with Gasteiger partial charge in [-0.1, -0.05) is 30.7 Å². The van der Waals surface area contributed by atoms with Crippen LogP contribution >= 0.6 is 22.7 Å². The lowest BCUT2D eigenvalue weighted by atomic mass is 10.0. The summed E-state index contributed by atoms with van der Waals surface area (Å²) in [6.45, 7) is 2.22. The number of hydrogen-bond acceptors (Lipinski definition) is 7. The first kappa shape index (κ1) is 21.9. The van der Waals surface area contributed by atoms with Crippen molar-refractivity contribution >= 4 is 59.7 Å². The van der Waals surface area contributed by atoms with Crippen molar-refractivity contribution < 1.29 is 22.7 Å². The van der Waals surface area contributed by atoms with Crippen molar-refractivity contribution in [2.45, 2.75) is 36.4 Å². The molecular weight excluding hydrogens is 456 g/mol. The number of hydrogen-bond donors (Lipinski definition) is 1. The van der Waals surface area contributed by atoms with Crippen LogP contribution in [0.2, 0.25) is 0 Å². The summed E-state index contributed by atoms with van der Waals surface area (Å²) < 4.78 is 33.8. The Labute approximate surface area is 188 Å². The molecule has 1 saturated heterocycles. The maximum atomic E-state index is 13.2. The number of thiophene rings is 2. The lowest BCUT2D eigenvalue weighted by Crippen LogP contribution is -2.49. The van der Waals surface area contributed by atoms with Crippen molar-refractivity contribution in [3.8, 4) is 0 Å². The lowest BCUT2D eigenvalue weighted by molar-refractivity contribution is -0.120. The number of anilines is 1. The highest BCUT2D eigenvalue weighted by molar-refractivity contribution is 7.91. The van der Waals surface area contributed by atoms with Crippen LogP contribution in [0, 0.1) is 0 Å². The van der Waals surface area contributed by atoms with Gasteiger partial charge in [0.2, 0.25) is 5.91 Å². The summed E-state index contributed by atoms with van der Waals surface area (Å²) >= 11 is 2.41. The van der Waals surface area contributed by atoms with Crippen LogP contribution in [-0.2, 0) is 19.6 Å². The van der Waals surface area contributed by atoms with Gasteiger partial charge in [-0.05, 0) is 37.3 Å². The van der Waals surface area contributed by atoms with E-state index in [0.29, 0.717) is 28.8 Å². The van der Waals surface area contributed by atoms with E-state index in [1.54, 1.807) is 24.4 Å². The molecule has 1 unspecified atom stereocenters. The van der Waals surface area contributed by atoms with Crippen molar-refractivity contribution in [2.75, 3.05) is 18.5 Å². The molecular formula is C21H22N2O5S3. The third kappa shape index (κ3) is 4.25. The van der Waals surface area contributed by atoms with E-state index in [2.05, 4.69) is 5.32 Å². The Morgan fingerprint density at radius 2 is 2.00 bits per heavy atom. The number of fused-ring (bicyclic) bond motifs is 1. The number of esters is 1. The zero-order chi connectivity index (χ0) is 22.0. The second-order valence-electron chi connectivity index (χ2n) is 7.07. The first-order chi connectivity index (χ1) is 14.9. The molecule has 7 nitrogen and oxygen atoms in total. The molecule has 0 aliphatic carbocycles. The molecule has 4 rings (SSSR count). The Balaban J connectivity index is 1.66. The summed E-state index contributed by atoms with van der Waals surface area (Å²) in [5, 5.41) is 5.62. The number of amides is 1. The molecule has 3 heterocycles. The molecule has 0 saturated carbocycles. The molecule has 1 fully saturated rings. The number of benzene rings is 1. The Morgan fingerprint density at radius 1 is 1.19 bits per heavy atom. The van der Waals surface area contributed by atoms with E-state index < -0.39 is 27.9 Å². The smallest absolute Gasteiger partial charge is 0.341 e. The van der Waals surface area contributed by atoms with E-state index in [9.17, 15) is 18.0 Å². The van der Waals surface area contributed by atoms with Gasteiger partial charge in [-0.25, -0.2) is 13.2 Å². The third-order valence-corrected chi connectivity index (χ3v) is 9.49. The van der Waals surface area contributed by atoms with Crippen molar-refractivity contribution in [3.05, 3.63) is 47.3 Å². The summed E-state index contributed by atoms with van der Waals surface area (Å²) in [5.41, 5.74) is 0.305. The fourth-order valence-corrected chi connectivity index (χ4v) is 7.58. The topological polar surface area (TPSA) is 92.8 Å². The molecule has 164 valence electrons. The highest BCUT2D eigenvalue weighted by Gasteiger charge is 2.38. The molecule has 1 aliphatic rings. The molecule has 1 N–H and O–H groups in total. The Bertz CT molecular complexity index is 1200. The standard InChI is InChI=1S/C21H22N2O5S3/c1-2-28-21(25)18-14-8-3-4-10-16(14)30-20(18)22-19(24)15-9-5-6-12-23(15)31(26,27)17-11-7-13-29-17/h3-4,7-8,10-11,13,15H,2,5-6,9,12H2,1H3,(H,22,24). The predicted molar refractivity (Wildman–Crippen MR) is 122 cm³/mol. The van der Waals surface area contributed by atoms with Gasteiger partial charge in [-0.2, -0.15) is 4.31 Å². The minimum atomic E-state index is -3.76. The highest BCUT2D eigenvalue weighted by atomic mass is 32.2. The minimum absolute atomic E-state index is 0.214. The summed E-state index contributed by atoms with van der Waals surface area (Å²) in [6.07, 6.45) is 1.88. The monoisotopic (exact) mass is 478 g/mol. The van der Waals surface area contributed by atoms with Crippen LogP contribution < -0.4 is 5.32 Å². The Hall–Kier alpha value is -2.27. The molecule has 0 radical (unpaired) electrons. The molecule has 0 bridgehead atoms. The fourth-order valence-electron chi connectivity index (χ4n) is 3.72. The summed E-state index contributed by atoms with van der Waals surface area (Å²) in [4.78, 5) is 25.9. The largest absolute Gasteiger partial charge is 0.462 e. The van der Waals surface area contributed by atoms with Gasteiger partial charge in [0.05, 0.1) is 6.61 Å². The van der Waals surface area contributed by atoms with Crippen LogP contribution in [0.1, 0.15) is 36.5 Å². The Kier molecular flexibility index (Phi) is 6.42. The van der Waals surface area contributed by atoms with Crippen molar-refractivity contribution in [2.24, 2.45) is 0 Å². The first-order valence-electron chi connectivity index (χ1n) is 9.98. The van der Waals surface area contributed by atoms with Crippen LogP contribution in [-0.4, -0.2) is 43.8 Å². The zero-order valence-corrected chi connectivity index (χ0v) is 19.3. The van der Waals surface area contributed by atoms with Crippen LogP contribution in [0.4, 0.5) is 5.00 Å². The van der Waals surface area contributed by atoms with E-state index in [1.165, 1.54) is 15.6 Å². The fraction of sp³-hybridized carbons (Fsp3) is 0.333. The number of ether oxygens (including phenoxy) is 1. The van der Waals surface area contributed by atoms with E-state index in [-0.39, 0.29) is 17.4 Å². The van der Waals surface area contributed by atoms with Crippen LogP contribution in [0.3, 0.4) is 0 Å². The van der Waals surface area contributed by atoms with Crippen molar-refractivity contribution in [1.82, 2.24) is 4.31 Å². The zero-order valence-electron chi connectivity index (χ0n) is 16.9. The molecule has 1 amide bonds. The van der Waals surface area contributed by atoms with Crippen LogP contribution in [0.5, 0.6) is 0 Å². The van der Waals surface area contributed by atoms with Gasteiger partial charge in [-0.15, -0.1) is 22.7 Å². The number of nitrogens with one attached hydrogen (secondary N) is 1. The maximum Gasteiger partial charge on any atom is 0.341 e. The third-order valence-electron chi connectivity index (χ3n) is 5.13. The number of nitrogens with zero attached hydrogens (tertiary/aromatic N) is 1. The quantitative estimate of drug-likeness (QED) is 0.533. The van der Waals surface area contributed by atoms with Gasteiger partial charge < -0.3 is 10.1 Å². The van der Waals surface area contributed by atoms with E-state index in [1.807, 2.05) is 24.3 Å². The van der Waals surface area contributed by atoms with Crippen molar-refractivity contribution in [1.29, 1.82) is 0 Å². The maximum absolute atomic E-state index is 13.2. The lowest BCUT2D eigenvalue weighted by Gasteiger charge is -2.33. The van der Waals surface area contributed by atoms with E-state index >= 15 is 0 Å². The number of carbonyl (C=O) groups excluding carboxylic acids is 2. The molecule has 10 heteroatoms. The molecule has 3 aromatic rings. The predicted octanol–water partition coefficient (Wildman–Crippen LogP) is 4.32.